The molecule has 1 N–H and O–H groups in total. The monoisotopic (exact) mass is 267 g/mol. The van der Waals surface area contributed by atoms with Crippen molar-refractivity contribution < 1.29 is 9.21 Å². The van der Waals surface area contributed by atoms with E-state index in [9.17, 15) is 4.79 Å². The van der Waals surface area contributed by atoms with Crippen molar-refractivity contribution in [3.8, 4) is 0 Å². The molecule has 2 heterocycles. The number of carbonyl (C=O) groups excluding carboxylic acids is 1. The molecule has 0 saturated heterocycles. The fourth-order valence-electron chi connectivity index (χ4n) is 1.97. The Morgan fingerprint density at radius 3 is 3.10 bits per heavy atom. The Kier molecular flexibility index (Phi) is 3.41. The zero-order chi connectivity index (χ0) is 13.8. The molecular weight excluding hydrogens is 254 g/mol. The lowest BCUT2D eigenvalue weighted by Crippen LogP contribution is -2.25. The molecule has 20 heavy (non-hydrogen) atoms. The predicted molar refractivity (Wildman–Crippen MR) is 74.3 cm³/mol. The summed E-state index contributed by atoms with van der Waals surface area (Å²) >= 11 is 0. The molecule has 0 aliphatic heterocycles. The van der Waals surface area contributed by atoms with Gasteiger partial charge in [0.25, 0.3) is 5.91 Å². The number of nitrogens with one attached hydrogen (secondary N) is 1. The predicted octanol–water partition coefficient (Wildman–Crippen LogP) is 2.20. The van der Waals surface area contributed by atoms with Crippen molar-refractivity contribution in [2.45, 2.75) is 6.42 Å². The Balaban J connectivity index is 1.58. The van der Waals surface area contributed by atoms with Gasteiger partial charge in [0.15, 0.2) is 12.0 Å². The van der Waals surface area contributed by atoms with Crippen LogP contribution in [0.15, 0.2) is 53.5 Å². The summed E-state index contributed by atoms with van der Waals surface area (Å²) in [6.45, 7) is 0.563. The molecule has 0 spiro atoms. The summed E-state index contributed by atoms with van der Waals surface area (Å²) in [4.78, 5) is 19.8. The van der Waals surface area contributed by atoms with E-state index in [1.165, 1.54) is 6.39 Å². The highest BCUT2D eigenvalue weighted by molar-refractivity contribution is 5.93. The van der Waals surface area contributed by atoms with Crippen molar-refractivity contribution in [3.05, 3.63) is 60.2 Å². The SMILES string of the molecule is O=C(NCCc1ccc2ncoc2c1)c1cccnc1. The highest BCUT2D eigenvalue weighted by Gasteiger charge is 2.05. The number of amides is 1. The summed E-state index contributed by atoms with van der Waals surface area (Å²) in [5, 5.41) is 2.86. The average Bonchev–Trinajstić information content (AvgIpc) is 2.95. The van der Waals surface area contributed by atoms with Gasteiger partial charge in [-0.3, -0.25) is 9.78 Å². The van der Waals surface area contributed by atoms with Crippen LogP contribution in [0.5, 0.6) is 0 Å². The largest absolute Gasteiger partial charge is 0.443 e. The lowest BCUT2D eigenvalue weighted by Gasteiger charge is -2.05. The topological polar surface area (TPSA) is 68.0 Å². The van der Waals surface area contributed by atoms with Crippen LogP contribution >= 0.6 is 0 Å². The maximum Gasteiger partial charge on any atom is 0.252 e. The zero-order valence-electron chi connectivity index (χ0n) is 10.7. The molecule has 5 nitrogen and oxygen atoms in total. The van der Waals surface area contributed by atoms with Crippen LogP contribution in [0.3, 0.4) is 0 Å². The Morgan fingerprint density at radius 2 is 2.25 bits per heavy atom. The smallest absolute Gasteiger partial charge is 0.252 e. The molecule has 0 radical (unpaired) electrons. The van der Waals surface area contributed by atoms with E-state index in [-0.39, 0.29) is 5.91 Å². The van der Waals surface area contributed by atoms with Gasteiger partial charge in [0, 0.05) is 18.9 Å². The van der Waals surface area contributed by atoms with Gasteiger partial charge in [-0.15, -0.1) is 0 Å². The summed E-state index contributed by atoms with van der Waals surface area (Å²) in [6.07, 6.45) is 5.36. The summed E-state index contributed by atoms with van der Waals surface area (Å²) < 4.78 is 5.25. The van der Waals surface area contributed by atoms with Crippen LogP contribution in [0.2, 0.25) is 0 Å². The van der Waals surface area contributed by atoms with E-state index >= 15 is 0 Å². The Bertz CT molecular complexity index is 722. The van der Waals surface area contributed by atoms with E-state index < -0.39 is 0 Å². The second-order valence-corrected chi connectivity index (χ2v) is 4.40. The highest BCUT2D eigenvalue weighted by Crippen LogP contribution is 2.14. The van der Waals surface area contributed by atoms with Gasteiger partial charge >= 0.3 is 0 Å². The standard InChI is InChI=1S/C15H13N3O2/c19-15(12-2-1-6-16-9-12)17-7-5-11-3-4-13-14(8-11)20-10-18-13/h1-4,6,8-10H,5,7H2,(H,17,19). The lowest BCUT2D eigenvalue weighted by atomic mass is 10.1. The van der Waals surface area contributed by atoms with Crippen molar-refractivity contribution in [3.63, 3.8) is 0 Å². The molecule has 0 aliphatic carbocycles. The van der Waals surface area contributed by atoms with Crippen molar-refractivity contribution in [1.82, 2.24) is 15.3 Å². The van der Waals surface area contributed by atoms with E-state index in [4.69, 9.17) is 4.42 Å². The molecule has 0 fully saturated rings. The molecule has 1 amide bonds. The number of rotatable bonds is 4. The molecular formula is C15H13N3O2. The quantitative estimate of drug-likeness (QED) is 0.786. The number of pyridine rings is 1. The number of carbonyl (C=O) groups is 1. The molecule has 0 atom stereocenters. The van der Waals surface area contributed by atoms with Gasteiger partial charge in [-0.05, 0) is 36.2 Å². The second kappa shape index (κ2) is 5.52. The average molecular weight is 267 g/mol. The molecule has 5 heteroatoms. The first-order valence-corrected chi connectivity index (χ1v) is 6.33. The van der Waals surface area contributed by atoms with Crippen LogP contribution in [-0.4, -0.2) is 22.4 Å². The summed E-state index contributed by atoms with van der Waals surface area (Å²) in [5.41, 5.74) is 3.27. The lowest BCUT2D eigenvalue weighted by molar-refractivity contribution is 0.0954. The molecule has 3 aromatic rings. The van der Waals surface area contributed by atoms with Crippen LogP contribution in [0.1, 0.15) is 15.9 Å². The number of hydrogen-bond donors (Lipinski definition) is 1. The van der Waals surface area contributed by atoms with Gasteiger partial charge in [-0.1, -0.05) is 6.07 Å². The first-order chi connectivity index (χ1) is 9.83. The summed E-state index contributed by atoms with van der Waals surface area (Å²) in [6, 6.07) is 9.33. The van der Waals surface area contributed by atoms with Crippen LogP contribution in [0, 0.1) is 0 Å². The Labute approximate surface area is 115 Å². The third kappa shape index (κ3) is 2.66. The van der Waals surface area contributed by atoms with Crippen molar-refractivity contribution >= 4 is 17.0 Å². The minimum absolute atomic E-state index is 0.112. The maximum atomic E-state index is 11.8. The van der Waals surface area contributed by atoms with Crippen molar-refractivity contribution in [2.75, 3.05) is 6.54 Å². The van der Waals surface area contributed by atoms with Gasteiger partial charge in [0.1, 0.15) is 5.52 Å². The van der Waals surface area contributed by atoms with E-state index in [0.717, 1.165) is 23.1 Å². The molecule has 0 aliphatic rings. The first-order valence-electron chi connectivity index (χ1n) is 6.33. The highest BCUT2D eigenvalue weighted by atomic mass is 16.3. The maximum absolute atomic E-state index is 11.8. The van der Waals surface area contributed by atoms with E-state index in [1.807, 2.05) is 18.2 Å². The number of benzene rings is 1. The number of oxazole rings is 1. The first kappa shape index (κ1) is 12.3. The van der Waals surface area contributed by atoms with Gasteiger partial charge in [0.05, 0.1) is 5.56 Å². The number of nitrogens with zero attached hydrogens (tertiary/aromatic N) is 2. The molecule has 0 unspecified atom stereocenters. The van der Waals surface area contributed by atoms with Crippen molar-refractivity contribution in [2.24, 2.45) is 0 Å². The van der Waals surface area contributed by atoms with Gasteiger partial charge in [-0.2, -0.15) is 0 Å². The van der Waals surface area contributed by atoms with Crippen LogP contribution in [0.25, 0.3) is 11.1 Å². The molecule has 0 saturated carbocycles. The molecule has 1 aromatic carbocycles. The Hall–Kier alpha value is -2.69. The molecule has 0 bridgehead atoms. The summed E-state index contributed by atoms with van der Waals surface area (Å²) in [5.74, 6) is -0.112. The minimum Gasteiger partial charge on any atom is -0.443 e. The third-order valence-corrected chi connectivity index (χ3v) is 3.02. The van der Waals surface area contributed by atoms with Crippen LogP contribution in [-0.2, 0) is 6.42 Å². The minimum atomic E-state index is -0.112. The number of hydrogen-bond acceptors (Lipinski definition) is 4. The number of aromatic nitrogens is 2. The zero-order valence-corrected chi connectivity index (χ0v) is 10.7. The van der Waals surface area contributed by atoms with Crippen LogP contribution < -0.4 is 5.32 Å². The van der Waals surface area contributed by atoms with Crippen LogP contribution in [0.4, 0.5) is 0 Å². The van der Waals surface area contributed by atoms with E-state index in [0.29, 0.717) is 12.1 Å². The fraction of sp³-hybridized carbons (Fsp3) is 0.133. The van der Waals surface area contributed by atoms with E-state index in [2.05, 4.69) is 15.3 Å². The molecule has 100 valence electrons. The third-order valence-electron chi connectivity index (χ3n) is 3.02. The number of fused-ring (bicyclic) bond motifs is 1. The Morgan fingerprint density at radius 1 is 1.30 bits per heavy atom. The van der Waals surface area contributed by atoms with E-state index in [1.54, 1.807) is 24.5 Å². The van der Waals surface area contributed by atoms with Gasteiger partial charge in [-0.25, -0.2) is 4.98 Å². The normalized spacial score (nSPS) is 10.6. The van der Waals surface area contributed by atoms with Gasteiger partial charge < -0.3 is 9.73 Å². The fourth-order valence-corrected chi connectivity index (χ4v) is 1.97. The molecule has 2 aromatic heterocycles. The van der Waals surface area contributed by atoms with Crippen molar-refractivity contribution in [1.29, 1.82) is 0 Å². The molecule has 3 rings (SSSR count). The van der Waals surface area contributed by atoms with Gasteiger partial charge in [0.2, 0.25) is 0 Å². The summed E-state index contributed by atoms with van der Waals surface area (Å²) in [7, 11) is 0. The second-order valence-electron chi connectivity index (χ2n) is 4.40.